The minimum Gasteiger partial charge on any atom is -0.496 e. The van der Waals surface area contributed by atoms with E-state index in [-0.39, 0.29) is 28.5 Å². The number of hydrogen-bond acceptors (Lipinski definition) is 8. The standard InChI is InChI=1S/C30H29Cl2N3O7/c1-30(16-22(35-42-30)26-23(39-2)9-6-10-24(26)40-3)29(38)34-21(28(37)41-4)15-17-11-13-18(14-12-17)33-27(36)25-19(31)7-5-8-20(25)32/h5-14,21H,15-16H2,1-4H3,(H,33,36)(H,34,38)/t21-,30?/m0/s1. The summed E-state index contributed by atoms with van der Waals surface area (Å²) in [7, 11) is 4.29. The summed E-state index contributed by atoms with van der Waals surface area (Å²) in [6.07, 6.45) is 0.223. The van der Waals surface area contributed by atoms with Gasteiger partial charge in [-0.3, -0.25) is 9.59 Å². The van der Waals surface area contributed by atoms with E-state index in [1.54, 1.807) is 67.6 Å². The van der Waals surface area contributed by atoms with Gasteiger partial charge in [0, 0.05) is 18.5 Å². The van der Waals surface area contributed by atoms with Crippen LogP contribution in [0, 0.1) is 0 Å². The molecule has 10 nitrogen and oxygen atoms in total. The van der Waals surface area contributed by atoms with E-state index >= 15 is 0 Å². The smallest absolute Gasteiger partial charge is 0.328 e. The Morgan fingerprint density at radius 3 is 2.12 bits per heavy atom. The number of anilines is 1. The van der Waals surface area contributed by atoms with Crippen LogP contribution >= 0.6 is 23.2 Å². The monoisotopic (exact) mass is 613 g/mol. The molecule has 12 heteroatoms. The number of carbonyl (C=O) groups is 3. The van der Waals surface area contributed by atoms with Crippen molar-refractivity contribution in [3.8, 4) is 11.5 Å². The lowest BCUT2D eigenvalue weighted by molar-refractivity contribution is -0.150. The zero-order chi connectivity index (χ0) is 30.4. The second kappa shape index (κ2) is 13.1. The molecule has 4 rings (SSSR count). The van der Waals surface area contributed by atoms with Gasteiger partial charge in [-0.15, -0.1) is 0 Å². The predicted octanol–water partition coefficient (Wildman–Crippen LogP) is 5.05. The first-order chi connectivity index (χ1) is 20.1. The molecule has 1 aliphatic heterocycles. The van der Waals surface area contributed by atoms with Crippen molar-refractivity contribution < 1.29 is 33.4 Å². The summed E-state index contributed by atoms with van der Waals surface area (Å²) in [5.74, 6) is -0.615. The Kier molecular flexibility index (Phi) is 9.59. The molecule has 0 aromatic heterocycles. The molecule has 0 fully saturated rings. The van der Waals surface area contributed by atoms with Crippen LogP contribution in [0.25, 0.3) is 0 Å². The minimum atomic E-state index is -1.40. The van der Waals surface area contributed by atoms with Crippen molar-refractivity contribution >= 4 is 52.4 Å². The highest BCUT2D eigenvalue weighted by Crippen LogP contribution is 2.36. The second-order valence-corrected chi connectivity index (χ2v) is 10.4. The van der Waals surface area contributed by atoms with Gasteiger partial charge in [0.25, 0.3) is 11.8 Å². The van der Waals surface area contributed by atoms with Gasteiger partial charge in [-0.05, 0) is 48.9 Å². The van der Waals surface area contributed by atoms with Crippen LogP contribution in [0.15, 0.2) is 65.8 Å². The molecule has 0 radical (unpaired) electrons. The molecule has 42 heavy (non-hydrogen) atoms. The van der Waals surface area contributed by atoms with E-state index in [4.69, 9.17) is 42.3 Å². The van der Waals surface area contributed by atoms with Crippen LogP contribution in [0.1, 0.15) is 34.8 Å². The van der Waals surface area contributed by atoms with Crippen molar-refractivity contribution in [1.82, 2.24) is 5.32 Å². The Labute approximate surface area is 252 Å². The van der Waals surface area contributed by atoms with E-state index in [9.17, 15) is 14.4 Å². The van der Waals surface area contributed by atoms with E-state index in [2.05, 4.69) is 15.8 Å². The number of carbonyl (C=O) groups excluding carboxylic acids is 3. The molecule has 2 amide bonds. The fraction of sp³-hybridized carbons (Fsp3) is 0.267. The van der Waals surface area contributed by atoms with E-state index in [0.717, 1.165) is 0 Å². The molecule has 0 saturated carbocycles. The number of ether oxygens (including phenoxy) is 3. The summed E-state index contributed by atoms with van der Waals surface area (Å²) >= 11 is 12.3. The average molecular weight is 614 g/mol. The highest BCUT2D eigenvalue weighted by atomic mass is 35.5. The Hall–Kier alpha value is -4.28. The van der Waals surface area contributed by atoms with Gasteiger partial charge in [-0.25, -0.2) is 4.79 Å². The summed E-state index contributed by atoms with van der Waals surface area (Å²) in [4.78, 5) is 44.3. The van der Waals surface area contributed by atoms with E-state index < -0.39 is 29.4 Å². The summed E-state index contributed by atoms with van der Waals surface area (Å²) in [5, 5.41) is 10.1. The van der Waals surface area contributed by atoms with Gasteiger partial charge in [-0.2, -0.15) is 0 Å². The molecule has 3 aromatic rings. The van der Waals surface area contributed by atoms with Crippen molar-refractivity contribution in [3.05, 3.63) is 87.4 Å². The molecule has 1 unspecified atom stereocenters. The number of halogens is 2. The fourth-order valence-corrected chi connectivity index (χ4v) is 5.02. The number of nitrogens with one attached hydrogen (secondary N) is 2. The average Bonchev–Trinajstić information content (AvgIpc) is 3.39. The SMILES string of the molecule is COC(=O)[C@H](Cc1ccc(NC(=O)c2c(Cl)cccc2Cl)cc1)NC(=O)C1(C)CC(c2c(OC)cccc2OC)=NO1. The van der Waals surface area contributed by atoms with Gasteiger partial charge in [0.05, 0.1) is 48.2 Å². The third-order valence-corrected chi connectivity index (χ3v) is 7.32. The molecule has 2 N–H and O–H groups in total. The number of benzene rings is 3. The maximum Gasteiger partial charge on any atom is 0.328 e. The first-order valence-electron chi connectivity index (χ1n) is 12.8. The summed E-state index contributed by atoms with van der Waals surface area (Å²) < 4.78 is 15.9. The first kappa shape index (κ1) is 30.7. The predicted molar refractivity (Wildman–Crippen MR) is 159 cm³/mol. The third-order valence-electron chi connectivity index (χ3n) is 6.69. The van der Waals surface area contributed by atoms with Crippen LogP contribution in [0.4, 0.5) is 5.69 Å². The van der Waals surface area contributed by atoms with Gasteiger partial charge >= 0.3 is 5.97 Å². The largest absolute Gasteiger partial charge is 0.496 e. The molecule has 2 atom stereocenters. The third kappa shape index (κ3) is 6.61. The fourth-order valence-electron chi connectivity index (χ4n) is 4.45. The van der Waals surface area contributed by atoms with E-state index in [0.29, 0.717) is 34.0 Å². The van der Waals surface area contributed by atoms with Crippen LogP contribution in [0.3, 0.4) is 0 Å². The molecule has 1 heterocycles. The van der Waals surface area contributed by atoms with Crippen LogP contribution in [0.2, 0.25) is 10.0 Å². The zero-order valence-electron chi connectivity index (χ0n) is 23.3. The molecular formula is C30H29Cl2N3O7. The Morgan fingerprint density at radius 1 is 0.952 bits per heavy atom. The van der Waals surface area contributed by atoms with Crippen molar-refractivity contribution in [2.75, 3.05) is 26.6 Å². The maximum atomic E-state index is 13.4. The normalized spacial score (nSPS) is 16.5. The maximum absolute atomic E-state index is 13.4. The zero-order valence-corrected chi connectivity index (χ0v) is 24.8. The summed E-state index contributed by atoms with van der Waals surface area (Å²) in [6.45, 7) is 1.58. The number of rotatable bonds is 10. The molecule has 220 valence electrons. The lowest BCUT2D eigenvalue weighted by atomic mass is 9.93. The highest BCUT2D eigenvalue weighted by molar-refractivity contribution is 6.40. The van der Waals surface area contributed by atoms with E-state index in [1.165, 1.54) is 21.3 Å². The molecule has 3 aromatic carbocycles. The Balaban J connectivity index is 1.44. The topological polar surface area (TPSA) is 125 Å². The first-order valence-corrected chi connectivity index (χ1v) is 13.5. The van der Waals surface area contributed by atoms with Gasteiger partial charge < -0.3 is 29.7 Å². The molecular weight excluding hydrogens is 585 g/mol. The van der Waals surface area contributed by atoms with Crippen LogP contribution in [-0.2, 0) is 25.6 Å². The number of methoxy groups -OCH3 is 3. The Morgan fingerprint density at radius 2 is 1.55 bits per heavy atom. The molecule has 0 saturated heterocycles. The number of hydrogen-bond donors (Lipinski definition) is 2. The molecule has 0 bridgehead atoms. The number of esters is 1. The molecule has 1 aliphatic rings. The van der Waals surface area contributed by atoms with Crippen LogP contribution in [-0.4, -0.2) is 56.5 Å². The second-order valence-electron chi connectivity index (χ2n) is 9.58. The molecule has 0 aliphatic carbocycles. The quantitative estimate of drug-likeness (QED) is 0.307. The van der Waals surface area contributed by atoms with Crippen LogP contribution in [0.5, 0.6) is 11.5 Å². The van der Waals surface area contributed by atoms with Crippen molar-refractivity contribution in [2.24, 2.45) is 5.16 Å². The highest BCUT2D eigenvalue weighted by Gasteiger charge is 2.45. The van der Waals surface area contributed by atoms with Gasteiger partial charge in [-0.1, -0.05) is 52.6 Å². The Bertz CT molecular complexity index is 1490. The lowest BCUT2D eigenvalue weighted by Crippen LogP contribution is -2.52. The molecule has 0 spiro atoms. The summed E-state index contributed by atoms with van der Waals surface area (Å²) in [5.41, 5.74) is 0.994. The van der Waals surface area contributed by atoms with Gasteiger partial charge in [0.15, 0.2) is 0 Å². The van der Waals surface area contributed by atoms with E-state index in [1.807, 2.05) is 0 Å². The van der Waals surface area contributed by atoms with Crippen molar-refractivity contribution in [2.45, 2.75) is 31.4 Å². The number of nitrogens with zero attached hydrogens (tertiary/aromatic N) is 1. The summed E-state index contributed by atoms with van der Waals surface area (Å²) in [6, 6.07) is 15.8. The van der Waals surface area contributed by atoms with Crippen LogP contribution < -0.4 is 20.1 Å². The lowest BCUT2D eigenvalue weighted by Gasteiger charge is -2.24. The van der Waals surface area contributed by atoms with Crippen molar-refractivity contribution in [1.29, 1.82) is 0 Å². The number of amides is 2. The van der Waals surface area contributed by atoms with Crippen molar-refractivity contribution in [3.63, 3.8) is 0 Å². The number of oxime groups is 1. The van der Waals surface area contributed by atoms with Gasteiger partial charge in [0.2, 0.25) is 5.60 Å². The van der Waals surface area contributed by atoms with Gasteiger partial charge in [0.1, 0.15) is 17.5 Å². The minimum absolute atomic E-state index is 0.104.